The molecule has 1 amide bonds. The van der Waals surface area contributed by atoms with E-state index in [1.165, 1.54) is 12.1 Å². The molecule has 0 bridgehead atoms. The van der Waals surface area contributed by atoms with Crippen molar-refractivity contribution >= 4 is 34.1 Å². The van der Waals surface area contributed by atoms with E-state index in [4.69, 9.17) is 17.3 Å². The largest absolute Gasteiger partial charge is 0.366 e. The van der Waals surface area contributed by atoms with E-state index in [2.05, 4.69) is 9.88 Å². The SMILES string of the molecule is CC(N)c1cc(Cl)c2cccnc2c1N1CCN(C(=O)c2cccc(F)c2)CC1. The van der Waals surface area contributed by atoms with Crippen LogP contribution in [0.3, 0.4) is 0 Å². The smallest absolute Gasteiger partial charge is 0.254 e. The van der Waals surface area contributed by atoms with Crippen LogP contribution >= 0.6 is 11.6 Å². The highest BCUT2D eigenvalue weighted by Crippen LogP contribution is 2.37. The van der Waals surface area contributed by atoms with Crippen LogP contribution in [0.25, 0.3) is 10.9 Å². The molecule has 0 saturated carbocycles. The van der Waals surface area contributed by atoms with Crippen LogP contribution in [0.1, 0.15) is 28.9 Å². The van der Waals surface area contributed by atoms with Gasteiger partial charge in [0.2, 0.25) is 0 Å². The van der Waals surface area contributed by atoms with Crippen molar-refractivity contribution in [1.82, 2.24) is 9.88 Å². The fourth-order valence-corrected chi connectivity index (χ4v) is 4.09. The lowest BCUT2D eigenvalue weighted by molar-refractivity contribution is 0.0746. The van der Waals surface area contributed by atoms with Crippen molar-refractivity contribution in [2.75, 3.05) is 31.1 Å². The molecule has 2 heterocycles. The van der Waals surface area contributed by atoms with Crippen LogP contribution in [0, 0.1) is 5.82 Å². The van der Waals surface area contributed by atoms with Gasteiger partial charge in [-0.1, -0.05) is 17.7 Å². The lowest BCUT2D eigenvalue weighted by Crippen LogP contribution is -2.49. The molecule has 29 heavy (non-hydrogen) atoms. The second-order valence-electron chi connectivity index (χ2n) is 7.27. The summed E-state index contributed by atoms with van der Waals surface area (Å²) in [6.45, 7) is 4.26. The Kier molecular flexibility index (Phi) is 5.39. The molecule has 4 rings (SSSR count). The van der Waals surface area contributed by atoms with Gasteiger partial charge in [0, 0.05) is 49.4 Å². The normalized spacial score (nSPS) is 15.6. The summed E-state index contributed by atoms with van der Waals surface area (Å²) in [7, 11) is 0. The minimum atomic E-state index is -0.408. The van der Waals surface area contributed by atoms with Crippen molar-refractivity contribution in [1.29, 1.82) is 0 Å². The number of nitrogens with zero attached hydrogens (tertiary/aromatic N) is 3. The predicted octanol–water partition coefficient (Wildman–Crippen LogP) is 4.01. The standard InChI is InChI=1S/C22H22ClFN4O/c1-14(25)18-13-19(23)17-6-3-7-26-20(17)21(18)27-8-10-28(11-9-27)22(29)15-4-2-5-16(24)12-15/h2-7,12-14H,8-11,25H2,1H3. The molecule has 0 aliphatic carbocycles. The number of benzene rings is 2. The number of aromatic nitrogens is 1. The second kappa shape index (κ2) is 7.97. The summed E-state index contributed by atoms with van der Waals surface area (Å²) in [4.78, 5) is 21.2. The molecule has 3 aromatic rings. The maximum absolute atomic E-state index is 13.5. The van der Waals surface area contributed by atoms with Crippen LogP contribution in [-0.4, -0.2) is 42.0 Å². The third kappa shape index (κ3) is 3.78. The Morgan fingerprint density at radius 3 is 2.62 bits per heavy atom. The summed E-state index contributed by atoms with van der Waals surface area (Å²) in [5, 5.41) is 1.51. The number of halogens is 2. The van der Waals surface area contributed by atoms with E-state index in [-0.39, 0.29) is 11.9 Å². The molecular formula is C22H22ClFN4O. The zero-order chi connectivity index (χ0) is 20.5. The first-order chi connectivity index (χ1) is 14.0. The Morgan fingerprint density at radius 1 is 1.17 bits per heavy atom. The molecule has 7 heteroatoms. The van der Waals surface area contributed by atoms with Crippen molar-refractivity contribution in [3.05, 3.63) is 70.6 Å². The van der Waals surface area contributed by atoms with Gasteiger partial charge in [0.1, 0.15) is 5.82 Å². The molecule has 1 fully saturated rings. The third-order valence-electron chi connectivity index (χ3n) is 5.29. The molecule has 1 aromatic heterocycles. The molecule has 2 aromatic carbocycles. The maximum Gasteiger partial charge on any atom is 0.254 e. The monoisotopic (exact) mass is 412 g/mol. The topological polar surface area (TPSA) is 62.5 Å². The first-order valence-electron chi connectivity index (χ1n) is 9.58. The van der Waals surface area contributed by atoms with Crippen LogP contribution < -0.4 is 10.6 Å². The number of hydrogen-bond acceptors (Lipinski definition) is 4. The zero-order valence-electron chi connectivity index (χ0n) is 16.1. The lowest BCUT2D eigenvalue weighted by Gasteiger charge is -2.38. The van der Waals surface area contributed by atoms with Gasteiger partial charge in [-0.2, -0.15) is 0 Å². The summed E-state index contributed by atoms with van der Waals surface area (Å²) >= 11 is 6.46. The average Bonchev–Trinajstić information content (AvgIpc) is 2.73. The summed E-state index contributed by atoms with van der Waals surface area (Å²) in [6.07, 6.45) is 1.75. The van der Waals surface area contributed by atoms with E-state index >= 15 is 0 Å². The minimum absolute atomic E-state index is 0.157. The number of nitrogens with two attached hydrogens (primary N) is 1. The molecule has 1 saturated heterocycles. The number of anilines is 1. The van der Waals surface area contributed by atoms with E-state index in [9.17, 15) is 9.18 Å². The van der Waals surface area contributed by atoms with Gasteiger partial charge in [0.15, 0.2) is 0 Å². The summed E-state index contributed by atoms with van der Waals surface area (Å²) in [5.74, 6) is -0.564. The van der Waals surface area contributed by atoms with E-state index in [0.29, 0.717) is 36.8 Å². The number of hydrogen-bond donors (Lipinski definition) is 1. The van der Waals surface area contributed by atoms with Crippen molar-refractivity contribution in [2.45, 2.75) is 13.0 Å². The number of carbonyl (C=O) groups is 1. The van der Waals surface area contributed by atoms with Gasteiger partial charge in [-0.15, -0.1) is 0 Å². The molecule has 150 valence electrons. The highest BCUT2D eigenvalue weighted by molar-refractivity contribution is 6.36. The van der Waals surface area contributed by atoms with Crippen molar-refractivity contribution in [3.63, 3.8) is 0 Å². The van der Waals surface area contributed by atoms with Gasteiger partial charge in [0.25, 0.3) is 5.91 Å². The first-order valence-corrected chi connectivity index (χ1v) is 9.96. The number of pyridine rings is 1. The van der Waals surface area contributed by atoms with Crippen LogP contribution in [0.2, 0.25) is 5.02 Å². The Labute approximate surface area is 173 Å². The number of amides is 1. The fourth-order valence-electron chi connectivity index (χ4n) is 3.82. The molecule has 0 radical (unpaired) electrons. The summed E-state index contributed by atoms with van der Waals surface area (Å²) < 4.78 is 13.5. The number of fused-ring (bicyclic) bond motifs is 1. The molecule has 1 aliphatic heterocycles. The highest BCUT2D eigenvalue weighted by Gasteiger charge is 2.26. The van der Waals surface area contributed by atoms with E-state index in [1.807, 2.05) is 25.1 Å². The van der Waals surface area contributed by atoms with Crippen LogP contribution in [0.4, 0.5) is 10.1 Å². The van der Waals surface area contributed by atoms with Gasteiger partial charge >= 0.3 is 0 Å². The van der Waals surface area contributed by atoms with Crippen LogP contribution in [-0.2, 0) is 0 Å². The molecule has 1 unspecified atom stereocenters. The van der Waals surface area contributed by atoms with Crippen molar-refractivity contribution in [2.24, 2.45) is 5.73 Å². The second-order valence-corrected chi connectivity index (χ2v) is 7.68. The fraction of sp³-hybridized carbons (Fsp3) is 0.273. The molecule has 1 atom stereocenters. The Balaban J connectivity index is 1.62. The van der Waals surface area contributed by atoms with E-state index in [1.54, 1.807) is 23.2 Å². The van der Waals surface area contributed by atoms with E-state index in [0.717, 1.165) is 22.2 Å². The minimum Gasteiger partial charge on any atom is -0.366 e. The molecule has 5 nitrogen and oxygen atoms in total. The Hall–Kier alpha value is -2.70. The first kappa shape index (κ1) is 19.6. The van der Waals surface area contributed by atoms with Crippen LogP contribution in [0.5, 0.6) is 0 Å². The summed E-state index contributed by atoms with van der Waals surface area (Å²) in [6, 6.07) is 11.3. The van der Waals surface area contributed by atoms with Gasteiger partial charge in [-0.05, 0) is 48.9 Å². The number of piperazine rings is 1. The molecule has 0 spiro atoms. The Bertz CT molecular complexity index is 1060. The van der Waals surface area contributed by atoms with Crippen molar-refractivity contribution in [3.8, 4) is 0 Å². The number of rotatable bonds is 3. The molecule has 1 aliphatic rings. The summed E-state index contributed by atoms with van der Waals surface area (Å²) in [5.41, 5.74) is 9.33. The molecule has 2 N–H and O–H groups in total. The zero-order valence-corrected chi connectivity index (χ0v) is 16.9. The van der Waals surface area contributed by atoms with Gasteiger partial charge in [-0.25, -0.2) is 4.39 Å². The third-order valence-corrected chi connectivity index (χ3v) is 5.60. The van der Waals surface area contributed by atoms with Crippen LogP contribution in [0.15, 0.2) is 48.7 Å². The highest BCUT2D eigenvalue weighted by atomic mass is 35.5. The lowest BCUT2D eigenvalue weighted by atomic mass is 10.0. The maximum atomic E-state index is 13.5. The van der Waals surface area contributed by atoms with Crippen molar-refractivity contribution < 1.29 is 9.18 Å². The van der Waals surface area contributed by atoms with Gasteiger partial charge < -0.3 is 15.5 Å². The van der Waals surface area contributed by atoms with Gasteiger partial charge in [-0.3, -0.25) is 9.78 Å². The van der Waals surface area contributed by atoms with Gasteiger partial charge in [0.05, 0.1) is 16.2 Å². The predicted molar refractivity (Wildman–Crippen MR) is 114 cm³/mol. The Morgan fingerprint density at radius 2 is 1.93 bits per heavy atom. The molecular weight excluding hydrogens is 391 g/mol. The van der Waals surface area contributed by atoms with E-state index < -0.39 is 5.82 Å². The average molecular weight is 413 g/mol. The quantitative estimate of drug-likeness (QED) is 0.706. The number of carbonyl (C=O) groups excluding carboxylic acids is 1.